The minimum Gasteiger partial charge on any atom is -0.392 e. The van der Waals surface area contributed by atoms with Crippen LogP contribution in [0.2, 0.25) is 0 Å². The molecular formula is C16H23NO3S. The predicted octanol–water partition coefficient (Wildman–Crippen LogP) is 2.44. The van der Waals surface area contributed by atoms with Gasteiger partial charge in [0.15, 0.2) is 0 Å². The average molecular weight is 309 g/mol. The summed E-state index contributed by atoms with van der Waals surface area (Å²) in [4.78, 5) is 0.361. The second-order valence-corrected chi connectivity index (χ2v) is 8.07. The first-order valence-corrected chi connectivity index (χ1v) is 9.21. The number of hydrogen-bond donors (Lipinski definition) is 1. The van der Waals surface area contributed by atoms with E-state index in [1.165, 1.54) is 6.42 Å². The smallest absolute Gasteiger partial charge is 0.243 e. The average Bonchev–Trinajstić information content (AvgIpc) is 2.92. The largest absolute Gasteiger partial charge is 0.392 e. The second kappa shape index (κ2) is 5.71. The number of fused-ring (bicyclic) bond motifs is 1. The number of sulfonamides is 1. The zero-order chi connectivity index (χ0) is 15.0. The first-order valence-electron chi connectivity index (χ1n) is 7.77. The molecule has 116 valence electrons. The van der Waals surface area contributed by atoms with E-state index in [0.717, 1.165) is 25.7 Å². The molecule has 1 saturated carbocycles. The summed E-state index contributed by atoms with van der Waals surface area (Å²) in [5, 5.41) is 9.35. The van der Waals surface area contributed by atoms with Crippen LogP contribution in [0.1, 0.15) is 43.2 Å². The van der Waals surface area contributed by atoms with E-state index in [0.29, 0.717) is 28.5 Å². The van der Waals surface area contributed by atoms with Gasteiger partial charge in [0.05, 0.1) is 11.5 Å². The van der Waals surface area contributed by atoms with E-state index in [1.807, 2.05) is 0 Å². The summed E-state index contributed by atoms with van der Waals surface area (Å²) in [6, 6.07) is 5.35. The Morgan fingerprint density at radius 2 is 2.00 bits per heavy atom. The third kappa shape index (κ3) is 2.51. The van der Waals surface area contributed by atoms with E-state index in [-0.39, 0.29) is 12.6 Å². The minimum atomic E-state index is -3.45. The molecule has 1 aromatic rings. The maximum Gasteiger partial charge on any atom is 0.243 e. The second-order valence-electron chi connectivity index (χ2n) is 6.21. The molecule has 2 atom stereocenters. The lowest BCUT2D eigenvalue weighted by Gasteiger charge is -2.31. The molecule has 1 heterocycles. The Labute approximate surface area is 126 Å². The van der Waals surface area contributed by atoms with Gasteiger partial charge in [-0.25, -0.2) is 8.42 Å². The van der Waals surface area contributed by atoms with E-state index < -0.39 is 10.0 Å². The molecule has 1 saturated heterocycles. The third-order valence-corrected chi connectivity index (χ3v) is 7.18. The van der Waals surface area contributed by atoms with Gasteiger partial charge in [-0.05, 0) is 49.3 Å². The summed E-state index contributed by atoms with van der Waals surface area (Å²) in [5.74, 6) is 0.537. The molecule has 1 aromatic carbocycles. The molecule has 0 spiro atoms. The van der Waals surface area contributed by atoms with Gasteiger partial charge in [0.1, 0.15) is 0 Å². The molecule has 4 nitrogen and oxygen atoms in total. The monoisotopic (exact) mass is 309 g/mol. The zero-order valence-electron chi connectivity index (χ0n) is 12.5. The van der Waals surface area contributed by atoms with Crippen molar-refractivity contribution in [1.29, 1.82) is 0 Å². The molecule has 0 amide bonds. The SMILES string of the molecule is Cc1c(CO)cccc1S(=O)(=O)N1CCC2CCCCC21. The van der Waals surface area contributed by atoms with Crippen molar-refractivity contribution in [1.82, 2.24) is 4.31 Å². The lowest BCUT2D eigenvalue weighted by molar-refractivity contribution is 0.260. The molecule has 2 fully saturated rings. The maximum absolute atomic E-state index is 13.0. The molecule has 5 heteroatoms. The molecule has 0 radical (unpaired) electrons. The highest BCUT2D eigenvalue weighted by Gasteiger charge is 2.42. The van der Waals surface area contributed by atoms with Crippen molar-refractivity contribution in [2.75, 3.05) is 6.54 Å². The lowest BCUT2D eigenvalue weighted by Crippen LogP contribution is -2.39. The Morgan fingerprint density at radius 3 is 2.76 bits per heavy atom. The van der Waals surface area contributed by atoms with Gasteiger partial charge in [-0.3, -0.25) is 0 Å². The fourth-order valence-electron chi connectivity index (χ4n) is 3.90. The first-order chi connectivity index (χ1) is 10.1. The van der Waals surface area contributed by atoms with Gasteiger partial charge in [0, 0.05) is 12.6 Å². The van der Waals surface area contributed by atoms with Gasteiger partial charge in [-0.1, -0.05) is 25.0 Å². The van der Waals surface area contributed by atoms with E-state index in [2.05, 4.69) is 0 Å². The summed E-state index contributed by atoms with van der Waals surface area (Å²) in [6.07, 6.45) is 5.49. The molecule has 1 aliphatic carbocycles. The molecule has 1 N–H and O–H groups in total. The Balaban J connectivity index is 1.97. The van der Waals surface area contributed by atoms with Crippen molar-refractivity contribution in [2.45, 2.75) is 56.6 Å². The Kier molecular flexibility index (Phi) is 4.08. The first kappa shape index (κ1) is 15.0. The highest BCUT2D eigenvalue weighted by Crippen LogP contribution is 2.39. The Bertz CT molecular complexity index is 626. The topological polar surface area (TPSA) is 57.6 Å². The Hall–Kier alpha value is -0.910. The van der Waals surface area contributed by atoms with Gasteiger partial charge in [0.2, 0.25) is 10.0 Å². The van der Waals surface area contributed by atoms with Crippen molar-refractivity contribution in [3.05, 3.63) is 29.3 Å². The molecule has 2 unspecified atom stereocenters. The van der Waals surface area contributed by atoms with E-state index in [4.69, 9.17) is 0 Å². The van der Waals surface area contributed by atoms with Crippen LogP contribution in [0.5, 0.6) is 0 Å². The van der Waals surface area contributed by atoms with E-state index in [9.17, 15) is 13.5 Å². The quantitative estimate of drug-likeness (QED) is 0.933. The van der Waals surface area contributed by atoms with Gasteiger partial charge in [-0.2, -0.15) is 4.31 Å². The lowest BCUT2D eigenvalue weighted by atomic mass is 9.86. The Morgan fingerprint density at radius 1 is 1.24 bits per heavy atom. The zero-order valence-corrected chi connectivity index (χ0v) is 13.3. The number of rotatable bonds is 3. The van der Waals surface area contributed by atoms with Crippen LogP contribution in [0, 0.1) is 12.8 Å². The molecule has 21 heavy (non-hydrogen) atoms. The predicted molar refractivity (Wildman–Crippen MR) is 81.4 cm³/mol. The molecule has 0 aromatic heterocycles. The number of aliphatic hydroxyl groups excluding tert-OH is 1. The number of benzene rings is 1. The standard InChI is InChI=1S/C16H23NO3S/c1-12-14(11-18)6-4-8-16(12)21(19,20)17-10-9-13-5-2-3-7-15(13)17/h4,6,8,13,15,18H,2-3,5,7,9-11H2,1H3. The van der Waals surface area contributed by atoms with Crippen molar-refractivity contribution >= 4 is 10.0 Å². The van der Waals surface area contributed by atoms with Crippen molar-refractivity contribution in [3.63, 3.8) is 0 Å². The summed E-state index contributed by atoms with van der Waals surface area (Å²) < 4.78 is 27.8. The number of aliphatic hydroxyl groups is 1. The highest BCUT2D eigenvalue weighted by atomic mass is 32.2. The molecule has 2 aliphatic rings. The van der Waals surface area contributed by atoms with Crippen LogP contribution in [0.3, 0.4) is 0 Å². The van der Waals surface area contributed by atoms with Crippen LogP contribution in [-0.2, 0) is 16.6 Å². The molecule has 3 rings (SSSR count). The summed E-state index contributed by atoms with van der Waals surface area (Å²) in [6.45, 7) is 2.30. The number of hydrogen-bond acceptors (Lipinski definition) is 3. The van der Waals surface area contributed by atoms with Crippen LogP contribution >= 0.6 is 0 Å². The van der Waals surface area contributed by atoms with Crippen molar-refractivity contribution in [2.24, 2.45) is 5.92 Å². The van der Waals surface area contributed by atoms with Gasteiger partial charge >= 0.3 is 0 Å². The van der Waals surface area contributed by atoms with Crippen molar-refractivity contribution in [3.8, 4) is 0 Å². The van der Waals surface area contributed by atoms with E-state index in [1.54, 1.807) is 29.4 Å². The fraction of sp³-hybridized carbons (Fsp3) is 0.625. The number of nitrogens with zero attached hydrogens (tertiary/aromatic N) is 1. The fourth-order valence-corrected chi connectivity index (χ4v) is 5.90. The molecule has 0 bridgehead atoms. The van der Waals surface area contributed by atoms with Crippen LogP contribution < -0.4 is 0 Å². The van der Waals surface area contributed by atoms with Crippen molar-refractivity contribution < 1.29 is 13.5 Å². The van der Waals surface area contributed by atoms with E-state index >= 15 is 0 Å². The summed E-state index contributed by atoms with van der Waals surface area (Å²) in [7, 11) is -3.45. The molecule has 1 aliphatic heterocycles. The van der Waals surface area contributed by atoms with Crippen LogP contribution in [0.4, 0.5) is 0 Å². The van der Waals surface area contributed by atoms with Crippen LogP contribution in [0.25, 0.3) is 0 Å². The molecular weight excluding hydrogens is 286 g/mol. The summed E-state index contributed by atoms with van der Waals surface area (Å²) >= 11 is 0. The van der Waals surface area contributed by atoms with Crippen LogP contribution in [-0.4, -0.2) is 30.4 Å². The minimum absolute atomic E-state index is 0.124. The van der Waals surface area contributed by atoms with Crippen LogP contribution in [0.15, 0.2) is 23.1 Å². The highest BCUT2D eigenvalue weighted by molar-refractivity contribution is 7.89. The van der Waals surface area contributed by atoms with Gasteiger partial charge < -0.3 is 5.11 Å². The van der Waals surface area contributed by atoms with Gasteiger partial charge in [-0.15, -0.1) is 0 Å². The maximum atomic E-state index is 13.0. The van der Waals surface area contributed by atoms with Gasteiger partial charge in [0.25, 0.3) is 0 Å². The summed E-state index contributed by atoms with van der Waals surface area (Å²) in [5.41, 5.74) is 1.37. The third-order valence-electron chi connectivity index (χ3n) is 5.11. The normalized spacial score (nSPS) is 26.8.